The van der Waals surface area contributed by atoms with E-state index in [1.54, 1.807) is 7.11 Å². The maximum atomic E-state index is 5.97. The van der Waals surface area contributed by atoms with Crippen molar-refractivity contribution in [1.29, 1.82) is 0 Å². The first-order chi connectivity index (χ1) is 11.2. The van der Waals surface area contributed by atoms with Crippen LogP contribution in [0.2, 0.25) is 0 Å². The number of benzene rings is 2. The van der Waals surface area contributed by atoms with Crippen molar-refractivity contribution < 1.29 is 4.74 Å². The molecule has 0 atom stereocenters. The fraction of sp³-hybridized carbons (Fsp3) is 0.391. The van der Waals surface area contributed by atoms with Gasteiger partial charge in [-0.25, -0.2) is 0 Å². The molecule has 0 heterocycles. The largest absolute Gasteiger partial charge is 0.496 e. The molecule has 0 radical (unpaired) electrons. The first-order valence-corrected chi connectivity index (χ1v) is 8.71. The average molecular weight is 320 g/mol. The molecule has 2 aromatic carbocycles. The summed E-state index contributed by atoms with van der Waals surface area (Å²) in [4.78, 5) is 0. The molecule has 1 aliphatic rings. The number of methoxy groups -OCH3 is 1. The highest BCUT2D eigenvalue weighted by atomic mass is 16.5. The van der Waals surface area contributed by atoms with Gasteiger partial charge in [0.05, 0.1) is 7.11 Å². The Balaban J connectivity index is 2.38. The van der Waals surface area contributed by atoms with Crippen LogP contribution in [-0.2, 0) is 11.8 Å². The van der Waals surface area contributed by atoms with Crippen LogP contribution in [0.3, 0.4) is 0 Å². The van der Waals surface area contributed by atoms with Crippen LogP contribution >= 0.6 is 0 Å². The average Bonchev–Trinajstić information content (AvgIpc) is 2.82. The number of fused-ring (bicyclic) bond motifs is 1. The third-order valence-corrected chi connectivity index (χ3v) is 4.80. The predicted octanol–water partition coefficient (Wildman–Crippen LogP) is 6.24. The van der Waals surface area contributed by atoms with E-state index in [9.17, 15) is 0 Å². The number of aryl methyl sites for hydroxylation is 2. The summed E-state index contributed by atoms with van der Waals surface area (Å²) in [6.07, 6.45) is 3.34. The Bertz CT molecular complexity index is 812. The van der Waals surface area contributed by atoms with Crippen molar-refractivity contribution in [1.82, 2.24) is 0 Å². The Morgan fingerprint density at radius 2 is 1.54 bits per heavy atom. The molecule has 0 N–H and O–H groups in total. The van der Waals surface area contributed by atoms with E-state index in [1.807, 2.05) is 0 Å². The lowest BCUT2D eigenvalue weighted by atomic mass is 9.81. The Labute approximate surface area is 146 Å². The molecular weight excluding hydrogens is 292 g/mol. The minimum absolute atomic E-state index is 0.0400. The van der Waals surface area contributed by atoms with Crippen LogP contribution in [0, 0.1) is 13.8 Å². The highest BCUT2D eigenvalue weighted by Crippen LogP contribution is 2.46. The van der Waals surface area contributed by atoms with Gasteiger partial charge in [0.1, 0.15) is 5.75 Å². The Hall–Kier alpha value is -2.02. The molecule has 1 aliphatic carbocycles. The van der Waals surface area contributed by atoms with Gasteiger partial charge in [-0.3, -0.25) is 0 Å². The zero-order valence-corrected chi connectivity index (χ0v) is 16.0. The lowest BCUT2D eigenvalue weighted by Gasteiger charge is -2.26. The molecule has 0 aromatic heterocycles. The Morgan fingerprint density at radius 3 is 2.08 bits per heavy atom. The quantitative estimate of drug-likeness (QED) is 0.636. The van der Waals surface area contributed by atoms with E-state index < -0.39 is 0 Å². The molecule has 0 fully saturated rings. The van der Waals surface area contributed by atoms with Crippen LogP contribution in [-0.4, -0.2) is 7.11 Å². The highest BCUT2D eigenvalue weighted by molar-refractivity contribution is 5.84. The second-order valence-corrected chi connectivity index (χ2v) is 8.19. The lowest BCUT2D eigenvalue weighted by Crippen LogP contribution is -2.14. The van der Waals surface area contributed by atoms with E-state index in [-0.39, 0.29) is 5.41 Å². The summed E-state index contributed by atoms with van der Waals surface area (Å²) < 4.78 is 5.97. The molecule has 1 nitrogen and oxygen atoms in total. The summed E-state index contributed by atoms with van der Waals surface area (Å²) in [5, 5.41) is 0. The summed E-state index contributed by atoms with van der Waals surface area (Å²) in [6.45, 7) is 13.3. The van der Waals surface area contributed by atoms with Crippen LogP contribution in [0.1, 0.15) is 55.5 Å². The molecular formula is C23H28O. The third-order valence-electron chi connectivity index (χ3n) is 4.80. The van der Waals surface area contributed by atoms with Crippen LogP contribution < -0.4 is 4.74 Å². The van der Waals surface area contributed by atoms with Gasteiger partial charge in [0, 0.05) is 11.1 Å². The van der Waals surface area contributed by atoms with Crippen molar-refractivity contribution in [3.8, 4) is 16.9 Å². The van der Waals surface area contributed by atoms with Crippen molar-refractivity contribution in [3.63, 3.8) is 0 Å². The fourth-order valence-electron chi connectivity index (χ4n) is 3.83. The molecule has 126 valence electrons. The summed E-state index contributed by atoms with van der Waals surface area (Å²) in [7, 11) is 1.80. The lowest BCUT2D eigenvalue weighted by molar-refractivity contribution is 0.399. The molecule has 2 aromatic rings. The zero-order chi connectivity index (χ0) is 17.6. The molecule has 0 amide bonds. The third kappa shape index (κ3) is 2.88. The molecule has 0 bridgehead atoms. The molecule has 24 heavy (non-hydrogen) atoms. The Morgan fingerprint density at radius 1 is 0.917 bits per heavy atom. The van der Waals surface area contributed by atoms with Crippen molar-refractivity contribution in [2.75, 3.05) is 7.11 Å². The molecule has 0 unspecified atom stereocenters. The predicted molar refractivity (Wildman–Crippen MR) is 104 cm³/mol. The summed E-state index contributed by atoms with van der Waals surface area (Å²) in [6, 6.07) is 9.13. The standard InChI is InChI=1S/C23H28O/c1-14-8-15(2)11-18(10-14)21-19-12-16(3)9-17(19)13-20(22(21)24-7)23(4,5)6/h8-11,13H,12H2,1-7H3. The smallest absolute Gasteiger partial charge is 0.130 e. The number of hydrogen-bond acceptors (Lipinski definition) is 1. The van der Waals surface area contributed by atoms with Gasteiger partial charge in [0.25, 0.3) is 0 Å². The van der Waals surface area contributed by atoms with Gasteiger partial charge in [0.15, 0.2) is 0 Å². The van der Waals surface area contributed by atoms with Gasteiger partial charge in [-0.1, -0.05) is 61.7 Å². The van der Waals surface area contributed by atoms with Crippen LogP contribution in [0.25, 0.3) is 17.2 Å². The normalized spacial score (nSPS) is 13.7. The highest BCUT2D eigenvalue weighted by Gasteiger charge is 2.28. The van der Waals surface area contributed by atoms with Crippen molar-refractivity contribution in [2.24, 2.45) is 0 Å². The van der Waals surface area contributed by atoms with Crippen molar-refractivity contribution >= 4 is 6.08 Å². The first kappa shape index (κ1) is 16.8. The van der Waals surface area contributed by atoms with Gasteiger partial charge in [0.2, 0.25) is 0 Å². The number of hydrogen-bond donors (Lipinski definition) is 0. The molecule has 1 heteroatoms. The van der Waals surface area contributed by atoms with E-state index in [2.05, 4.69) is 71.9 Å². The maximum Gasteiger partial charge on any atom is 0.130 e. The van der Waals surface area contributed by atoms with Crippen LogP contribution in [0.5, 0.6) is 5.75 Å². The first-order valence-electron chi connectivity index (χ1n) is 8.71. The molecule has 3 rings (SSSR count). The van der Waals surface area contributed by atoms with E-state index in [0.29, 0.717) is 0 Å². The molecule has 0 saturated heterocycles. The summed E-state index contributed by atoms with van der Waals surface area (Å²) in [5.74, 6) is 1.04. The number of rotatable bonds is 2. The van der Waals surface area contributed by atoms with Gasteiger partial charge in [-0.05, 0) is 55.4 Å². The van der Waals surface area contributed by atoms with Crippen molar-refractivity contribution in [2.45, 2.75) is 53.4 Å². The van der Waals surface area contributed by atoms with Gasteiger partial charge >= 0.3 is 0 Å². The van der Waals surface area contributed by atoms with E-state index in [4.69, 9.17) is 4.74 Å². The molecule has 0 aliphatic heterocycles. The van der Waals surface area contributed by atoms with Crippen LogP contribution in [0.15, 0.2) is 29.8 Å². The van der Waals surface area contributed by atoms with E-state index in [0.717, 1.165) is 12.2 Å². The monoisotopic (exact) mass is 320 g/mol. The summed E-state index contributed by atoms with van der Waals surface area (Å²) >= 11 is 0. The second kappa shape index (κ2) is 5.81. The SMILES string of the molecule is COc1c(C(C)(C)C)cc2c(c1-c1cc(C)cc(C)c1)CC(C)=C2. The molecule has 0 spiro atoms. The van der Waals surface area contributed by atoms with Gasteiger partial charge in [-0.2, -0.15) is 0 Å². The van der Waals surface area contributed by atoms with Gasteiger partial charge in [-0.15, -0.1) is 0 Å². The molecule has 0 saturated carbocycles. The Kier molecular flexibility index (Phi) is 4.07. The topological polar surface area (TPSA) is 9.23 Å². The fourth-order valence-corrected chi connectivity index (χ4v) is 3.83. The van der Waals surface area contributed by atoms with Crippen LogP contribution in [0.4, 0.5) is 0 Å². The van der Waals surface area contributed by atoms with E-state index >= 15 is 0 Å². The number of allylic oxidation sites excluding steroid dienone is 1. The number of ether oxygens (including phenoxy) is 1. The van der Waals surface area contributed by atoms with E-state index in [1.165, 1.54) is 44.5 Å². The summed E-state index contributed by atoms with van der Waals surface area (Å²) in [5.41, 5.74) is 10.6. The second-order valence-electron chi connectivity index (χ2n) is 8.19. The zero-order valence-electron chi connectivity index (χ0n) is 16.0. The maximum absolute atomic E-state index is 5.97. The minimum Gasteiger partial charge on any atom is -0.496 e. The minimum atomic E-state index is 0.0400. The van der Waals surface area contributed by atoms with Gasteiger partial charge < -0.3 is 4.74 Å². The van der Waals surface area contributed by atoms with Crippen molar-refractivity contribution in [3.05, 3.63) is 57.7 Å².